The molecule has 0 atom stereocenters. The third-order valence-corrected chi connectivity index (χ3v) is 13.9. The van der Waals surface area contributed by atoms with Crippen molar-refractivity contribution >= 4 is 43.6 Å². The summed E-state index contributed by atoms with van der Waals surface area (Å²) < 4.78 is 4.91. The minimum Gasteiger partial charge on any atom is -0.336 e. The molecule has 4 heteroatoms. The fourth-order valence-corrected chi connectivity index (χ4v) is 10.6. The van der Waals surface area contributed by atoms with Gasteiger partial charge in [0.1, 0.15) is 0 Å². The fraction of sp³-hybridized carbons (Fsp3) is 0.0769. The number of aryl methyl sites for hydroxylation is 4. The number of hydrogen-bond acceptors (Lipinski definition) is 2. The summed E-state index contributed by atoms with van der Waals surface area (Å²) in [6.45, 7) is 9.13. The number of fused-ring (bicyclic) bond motifs is 6. The molecule has 3 aromatic heterocycles. The second kappa shape index (κ2) is 16.8. The highest BCUT2D eigenvalue weighted by molar-refractivity contribution is 6.12. The summed E-state index contributed by atoms with van der Waals surface area (Å²) in [5, 5.41) is 15.1. The van der Waals surface area contributed by atoms with Crippen molar-refractivity contribution in [3.05, 3.63) is 240 Å². The van der Waals surface area contributed by atoms with Crippen LogP contribution in [0.25, 0.3) is 105 Å². The summed E-state index contributed by atoms with van der Waals surface area (Å²) in [5.74, 6) is 0. The molecule has 9 aromatic carbocycles. The molecule has 0 radical (unpaired) electrons. The van der Waals surface area contributed by atoms with Gasteiger partial charge in [0.2, 0.25) is 0 Å². The van der Waals surface area contributed by atoms with E-state index >= 15 is 0 Å². The van der Waals surface area contributed by atoms with Gasteiger partial charge in [-0.1, -0.05) is 180 Å². The molecule has 3 heterocycles. The maximum absolute atomic E-state index is 10.4. The molecule has 0 aliphatic rings. The predicted molar refractivity (Wildman–Crippen MR) is 288 cm³/mol. The molecule has 0 spiro atoms. The Morgan fingerprint density at radius 1 is 0.391 bits per heavy atom. The van der Waals surface area contributed by atoms with Gasteiger partial charge >= 0.3 is 0 Å². The fourth-order valence-electron chi connectivity index (χ4n) is 10.6. The molecule has 0 aliphatic heterocycles. The van der Waals surface area contributed by atoms with Crippen molar-refractivity contribution < 1.29 is 0 Å². The van der Waals surface area contributed by atoms with Crippen LogP contribution < -0.4 is 0 Å². The number of nitriles is 1. The lowest BCUT2D eigenvalue weighted by Gasteiger charge is -2.19. The van der Waals surface area contributed by atoms with Crippen LogP contribution in [0.4, 0.5) is 0 Å². The highest BCUT2D eigenvalue weighted by Gasteiger charge is 2.23. The predicted octanol–water partition coefficient (Wildman–Crippen LogP) is 16.8. The summed E-state index contributed by atoms with van der Waals surface area (Å²) in [6, 6.07) is 73.0. The summed E-state index contributed by atoms with van der Waals surface area (Å²) in [4.78, 5) is 5.16. The summed E-state index contributed by atoms with van der Waals surface area (Å²) in [7, 11) is 0. The molecule has 69 heavy (non-hydrogen) atoms. The first kappa shape index (κ1) is 41.6. The van der Waals surface area contributed by atoms with Gasteiger partial charge in [-0.2, -0.15) is 5.26 Å². The Morgan fingerprint density at radius 3 is 1.19 bits per heavy atom. The van der Waals surface area contributed by atoms with Gasteiger partial charge in [0, 0.05) is 38.9 Å². The Hall–Kier alpha value is -8.78. The van der Waals surface area contributed by atoms with E-state index < -0.39 is 0 Å². The second-order valence-electron chi connectivity index (χ2n) is 18.7. The SMILES string of the molecule is Cc1cccc(-c2ccc3c4ccc(-c5cccc(C)c5)cc4n(Cc4cncc(-n5c6cc(-c7cccc(C)c7)ccc6c6ccc(-c7cccc(C)c7)cc65)c4-c4cccc(C#N)c4)c3c2)c1. The topological polar surface area (TPSA) is 46.5 Å². The Bertz CT molecular complexity index is 3860. The average Bonchev–Trinajstić information content (AvgIpc) is 3.86. The number of hydrogen-bond donors (Lipinski definition) is 0. The van der Waals surface area contributed by atoms with Crippen LogP contribution in [0.1, 0.15) is 33.4 Å². The van der Waals surface area contributed by atoms with E-state index in [0.717, 1.165) is 66.3 Å². The molecule has 0 bridgehead atoms. The number of nitrogens with zero attached hydrogens (tertiary/aromatic N) is 4. The van der Waals surface area contributed by atoms with E-state index in [2.05, 4.69) is 219 Å². The van der Waals surface area contributed by atoms with Gasteiger partial charge < -0.3 is 9.13 Å². The smallest absolute Gasteiger partial charge is 0.0991 e. The van der Waals surface area contributed by atoms with Crippen molar-refractivity contribution in [2.45, 2.75) is 34.2 Å². The van der Waals surface area contributed by atoms with Crippen molar-refractivity contribution in [1.29, 1.82) is 5.26 Å². The van der Waals surface area contributed by atoms with E-state index in [4.69, 9.17) is 4.98 Å². The van der Waals surface area contributed by atoms with Crippen molar-refractivity contribution in [2.24, 2.45) is 0 Å². The Labute approximate surface area is 402 Å². The Kier molecular flexibility index (Phi) is 10.2. The van der Waals surface area contributed by atoms with Crippen molar-refractivity contribution in [3.8, 4) is 67.4 Å². The van der Waals surface area contributed by atoms with Crippen molar-refractivity contribution in [3.63, 3.8) is 0 Å². The Balaban J connectivity index is 1.15. The number of benzene rings is 9. The van der Waals surface area contributed by atoms with Gasteiger partial charge in [-0.05, 0) is 114 Å². The van der Waals surface area contributed by atoms with Crippen LogP contribution in [-0.2, 0) is 6.54 Å². The number of rotatable bonds is 8. The molecular weight excluding hydrogens is 837 g/mol. The molecule has 0 aliphatic carbocycles. The van der Waals surface area contributed by atoms with Gasteiger partial charge in [0.15, 0.2) is 0 Å². The van der Waals surface area contributed by atoms with Gasteiger partial charge in [0.05, 0.1) is 52.1 Å². The summed E-state index contributed by atoms with van der Waals surface area (Å²) in [6.07, 6.45) is 4.06. The zero-order valence-corrected chi connectivity index (χ0v) is 39.1. The highest BCUT2D eigenvalue weighted by atomic mass is 15.0. The van der Waals surface area contributed by atoms with Crippen LogP contribution in [0.3, 0.4) is 0 Å². The number of pyridine rings is 1. The first-order chi connectivity index (χ1) is 33.8. The minimum absolute atomic E-state index is 0.529. The Morgan fingerprint density at radius 2 is 0.768 bits per heavy atom. The van der Waals surface area contributed by atoms with E-state index in [0.29, 0.717) is 12.1 Å². The van der Waals surface area contributed by atoms with E-state index in [9.17, 15) is 5.26 Å². The third kappa shape index (κ3) is 7.46. The average molecular weight is 885 g/mol. The maximum atomic E-state index is 10.4. The lowest BCUT2D eigenvalue weighted by atomic mass is 9.97. The molecule has 12 rings (SSSR count). The molecule has 0 unspecified atom stereocenters. The third-order valence-electron chi connectivity index (χ3n) is 13.9. The van der Waals surface area contributed by atoms with Crippen LogP contribution >= 0.6 is 0 Å². The largest absolute Gasteiger partial charge is 0.336 e. The van der Waals surface area contributed by atoms with Crippen LogP contribution in [0, 0.1) is 39.0 Å². The van der Waals surface area contributed by atoms with E-state index in [1.807, 2.05) is 30.6 Å². The number of aromatic nitrogens is 3. The molecule has 328 valence electrons. The van der Waals surface area contributed by atoms with Gasteiger partial charge in [-0.25, -0.2) is 0 Å². The second-order valence-corrected chi connectivity index (χ2v) is 18.7. The van der Waals surface area contributed by atoms with E-state index in [1.54, 1.807) is 0 Å². The molecule has 0 N–H and O–H groups in total. The molecule has 12 aromatic rings. The van der Waals surface area contributed by atoms with Gasteiger partial charge in [-0.15, -0.1) is 0 Å². The highest BCUT2D eigenvalue weighted by Crippen LogP contribution is 2.42. The minimum atomic E-state index is 0.529. The molecular formula is C65H48N4. The summed E-state index contributed by atoms with van der Waals surface area (Å²) in [5.41, 5.74) is 23.3. The van der Waals surface area contributed by atoms with Crippen LogP contribution in [0.5, 0.6) is 0 Å². The van der Waals surface area contributed by atoms with E-state index in [-0.39, 0.29) is 0 Å². The van der Waals surface area contributed by atoms with E-state index in [1.165, 1.54) is 66.4 Å². The zero-order chi connectivity index (χ0) is 46.8. The van der Waals surface area contributed by atoms with Crippen molar-refractivity contribution in [1.82, 2.24) is 14.1 Å². The summed E-state index contributed by atoms with van der Waals surface area (Å²) >= 11 is 0. The van der Waals surface area contributed by atoms with Crippen LogP contribution in [0.15, 0.2) is 207 Å². The molecule has 0 saturated heterocycles. The first-order valence-electron chi connectivity index (χ1n) is 23.7. The lowest BCUT2D eigenvalue weighted by Crippen LogP contribution is -2.07. The molecule has 0 amide bonds. The lowest BCUT2D eigenvalue weighted by molar-refractivity contribution is 0.862. The monoisotopic (exact) mass is 884 g/mol. The normalized spacial score (nSPS) is 11.5. The standard InChI is InChI=1S/C65H48N4/c1-41-10-5-15-46(28-41)50-20-24-56-57-25-21-51(47-16-6-11-42(2)29-47)34-61(57)68(60(56)33-50)40-55-38-67-39-64(65(55)54-19-9-14-45(32-54)37-66)69-62-35-52(48-17-7-12-43(3)30-48)22-26-58(62)59-27-23-53(36-63(59)69)49-18-8-13-44(4)31-49/h5-36,38-39H,40H2,1-4H3. The molecule has 0 saturated carbocycles. The first-order valence-corrected chi connectivity index (χ1v) is 23.7. The van der Waals surface area contributed by atoms with Gasteiger partial charge in [0.25, 0.3) is 0 Å². The van der Waals surface area contributed by atoms with Crippen LogP contribution in [-0.4, -0.2) is 14.1 Å². The quantitative estimate of drug-likeness (QED) is 0.153. The van der Waals surface area contributed by atoms with Crippen molar-refractivity contribution in [2.75, 3.05) is 0 Å². The molecule has 4 nitrogen and oxygen atoms in total. The zero-order valence-electron chi connectivity index (χ0n) is 39.1. The maximum Gasteiger partial charge on any atom is 0.0991 e. The molecule has 0 fully saturated rings. The van der Waals surface area contributed by atoms with Gasteiger partial charge in [-0.3, -0.25) is 4.98 Å². The van der Waals surface area contributed by atoms with Crippen LogP contribution in [0.2, 0.25) is 0 Å².